The van der Waals surface area contributed by atoms with Gasteiger partial charge in [-0.1, -0.05) is 153 Å². The monoisotopic (exact) mass is 959 g/mol. The first-order valence-corrected chi connectivity index (χ1v) is 28.6. The minimum Gasteiger partial charge on any atom is -0.489 e. The normalized spacial score (nSPS) is 12.2. The molecular formula is C60H69N3O2S3. The molecule has 0 radical (unpaired) electrons. The van der Waals surface area contributed by atoms with Gasteiger partial charge in [0, 0.05) is 47.8 Å². The zero-order valence-electron chi connectivity index (χ0n) is 41.2. The SMILES string of the molecule is CCCCCCCCOc1c(OCCCCCCCC)c(-c2ccc(-c3cc4c5c6c3cccc6c3cccc6c(C)cc(c5c63)n4CCCCCCCC)s2)c2nsnc2c1-c1ccc(C)s1. The molecule has 6 aromatic carbocycles. The van der Waals surface area contributed by atoms with Crippen LogP contribution in [0.15, 0.2) is 72.8 Å². The molecule has 10 rings (SSSR count). The number of rotatable bonds is 26. The molecule has 4 heterocycles. The fraction of sp³-hybridized carbons (Fsp3) is 0.433. The Balaban J connectivity index is 1.12. The maximum Gasteiger partial charge on any atom is 0.172 e. The quantitative estimate of drug-likeness (QED) is 0.0308. The molecule has 0 aliphatic rings. The van der Waals surface area contributed by atoms with Gasteiger partial charge in [-0.05, 0) is 102 Å². The second kappa shape index (κ2) is 21.5. The van der Waals surface area contributed by atoms with Crippen molar-refractivity contribution in [3.8, 4) is 42.8 Å². The largest absolute Gasteiger partial charge is 0.489 e. The third-order valence-corrected chi connectivity index (χ3v) is 17.2. The Kier molecular flexibility index (Phi) is 14.8. The van der Waals surface area contributed by atoms with Crippen LogP contribution in [0.3, 0.4) is 0 Å². The number of thiophene rings is 2. The molecule has 0 bridgehead atoms. The van der Waals surface area contributed by atoms with Crippen molar-refractivity contribution in [2.75, 3.05) is 13.2 Å². The van der Waals surface area contributed by atoms with Crippen LogP contribution in [0.2, 0.25) is 0 Å². The number of ether oxygens (including phenoxy) is 2. The molecule has 0 amide bonds. The molecule has 354 valence electrons. The van der Waals surface area contributed by atoms with E-state index in [-0.39, 0.29) is 0 Å². The van der Waals surface area contributed by atoms with E-state index in [9.17, 15) is 0 Å². The van der Waals surface area contributed by atoms with Gasteiger partial charge in [0.25, 0.3) is 0 Å². The average Bonchev–Trinajstić information content (AvgIpc) is 4.19. The summed E-state index contributed by atoms with van der Waals surface area (Å²) in [6.45, 7) is 13.7. The van der Waals surface area contributed by atoms with Gasteiger partial charge in [-0.2, -0.15) is 8.75 Å². The second-order valence-electron chi connectivity index (χ2n) is 19.5. The van der Waals surface area contributed by atoms with E-state index in [1.54, 1.807) is 11.3 Å². The number of benzene rings is 6. The summed E-state index contributed by atoms with van der Waals surface area (Å²) in [5.74, 6) is 1.65. The summed E-state index contributed by atoms with van der Waals surface area (Å²) >= 11 is 4.95. The van der Waals surface area contributed by atoms with Crippen LogP contribution in [-0.4, -0.2) is 26.5 Å². The molecule has 0 fully saturated rings. The number of hydrogen-bond donors (Lipinski definition) is 0. The minimum atomic E-state index is 0.637. The highest BCUT2D eigenvalue weighted by atomic mass is 32.1. The van der Waals surface area contributed by atoms with Crippen molar-refractivity contribution < 1.29 is 9.47 Å². The summed E-state index contributed by atoms with van der Waals surface area (Å²) in [7, 11) is 0. The van der Waals surface area contributed by atoms with Crippen LogP contribution in [0, 0.1) is 13.8 Å². The van der Waals surface area contributed by atoms with Crippen molar-refractivity contribution in [2.24, 2.45) is 0 Å². The van der Waals surface area contributed by atoms with Gasteiger partial charge in [-0.15, -0.1) is 22.7 Å². The Morgan fingerprint density at radius 1 is 0.471 bits per heavy atom. The lowest BCUT2D eigenvalue weighted by molar-refractivity contribution is 0.260. The smallest absolute Gasteiger partial charge is 0.172 e. The number of unbranched alkanes of at least 4 members (excludes halogenated alkanes) is 15. The van der Waals surface area contributed by atoms with Crippen molar-refractivity contribution in [2.45, 2.75) is 157 Å². The summed E-state index contributed by atoms with van der Waals surface area (Å²) < 4.78 is 27.0. The highest BCUT2D eigenvalue weighted by molar-refractivity contribution is 7.19. The third kappa shape index (κ3) is 8.99. The molecule has 5 nitrogen and oxygen atoms in total. The molecule has 0 unspecified atom stereocenters. The van der Waals surface area contributed by atoms with Gasteiger partial charge in [0.15, 0.2) is 11.5 Å². The summed E-state index contributed by atoms with van der Waals surface area (Å²) in [6, 6.07) is 28.1. The average molecular weight is 960 g/mol. The number of fused-ring (bicyclic) bond motifs is 2. The van der Waals surface area contributed by atoms with Crippen molar-refractivity contribution in [1.29, 1.82) is 0 Å². The lowest BCUT2D eigenvalue weighted by atomic mass is 9.87. The Morgan fingerprint density at radius 3 is 1.54 bits per heavy atom. The molecule has 0 saturated heterocycles. The Hall–Kier alpha value is -4.76. The van der Waals surface area contributed by atoms with Crippen molar-refractivity contribution >= 4 is 99.6 Å². The Bertz CT molecular complexity index is 3260. The molecule has 0 atom stereocenters. The Morgan fingerprint density at radius 2 is 0.956 bits per heavy atom. The van der Waals surface area contributed by atoms with Crippen LogP contribution < -0.4 is 9.47 Å². The fourth-order valence-corrected chi connectivity index (χ4v) is 13.6. The standard InChI is InChI=1S/C60H69N3O2S3/c1-6-9-12-15-18-21-34-63-46-37-39(4)41-26-24-27-42-43-28-25-29-44-45(38-47(63)54(52(43)44)53(46)51(41)42)48-32-33-50(67-48)56-58-57(61-68-62-58)55(49-31-30-40(5)66-49)59(64-35-22-19-16-13-10-7-2)60(56)65-36-23-20-17-14-11-8-3/h24-33,37-38H,6-23,34-36H2,1-5H3. The lowest BCUT2D eigenvalue weighted by Gasteiger charge is -2.20. The van der Waals surface area contributed by atoms with E-state index in [4.69, 9.17) is 18.2 Å². The van der Waals surface area contributed by atoms with Gasteiger partial charge in [0.2, 0.25) is 0 Å². The predicted molar refractivity (Wildman–Crippen MR) is 298 cm³/mol. The maximum atomic E-state index is 7.13. The number of aryl methyl sites for hydroxylation is 3. The van der Waals surface area contributed by atoms with E-state index >= 15 is 0 Å². The van der Waals surface area contributed by atoms with Crippen LogP contribution in [0.25, 0.3) is 96.5 Å². The topological polar surface area (TPSA) is 49.2 Å². The first-order valence-electron chi connectivity index (χ1n) is 26.2. The maximum absolute atomic E-state index is 7.13. The first kappa shape index (κ1) is 46.9. The zero-order chi connectivity index (χ0) is 46.6. The molecule has 10 aromatic rings. The highest BCUT2D eigenvalue weighted by Gasteiger charge is 2.30. The third-order valence-electron chi connectivity index (χ3n) is 14.6. The van der Waals surface area contributed by atoms with Gasteiger partial charge in [0.05, 0.1) is 47.1 Å². The highest BCUT2D eigenvalue weighted by Crippen LogP contribution is 2.55. The van der Waals surface area contributed by atoms with Gasteiger partial charge in [-0.3, -0.25) is 0 Å². The first-order chi connectivity index (χ1) is 33.5. The van der Waals surface area contributed by atoms with Crippen molar-refractivity contribution in [1.82, 2.24) is 13.3 Å². The second-order valence-corrected chi connectivity index (χ2v) is 22.4. The molecule has 4 aromatic heterocycles. The molecule has 0 aliphatic heterocycles. The predicted octanol–water partition coefficient (Wildman–Crippen LogP) is 19.7. The molecule has 8 heteroatoms. The van der Waals surface area contributed by atoms with Gasteiger partial charge in [0.1, 0.15) is 11.0 Å². The summed E-state index contributed by atoms with van der Waals surface area (Å²) in [5.41, 5.74) is 9.23. The van der Waals surface area contributed by atoms with Crippen molar-refractivity contribution in [3.05, 3.63) is 83.2 Å². The number of hydrogen-bond acceptors (Lipinski definition) is 7. The van der Waals surface area contributed by atoms with Gasteiger partial charge < -0.3 is 14.0 Å². The van der Waals surface area contributed by atoms with Gasteiger partial charge in [-0.25, -0.2) is 0 Å². The van der Waals surface area contributed by atoms with Crippen molar-refractivity contribution in [3.63, 3.8) is 0 Å². The molecular weight excluding hydrogens is 891 g/mol. The molecule has 68 heavy (non-hydrogen) atoms. The zero-order valence-corrected chi connectivity index (χ0v) is 43.6. The van der Waals surface area contributed by atoms with Crippen LogP contribution in [0.5, 0.6) is 11.5 Å². The summed E-state index contributed by atoms with van der Waals surface area (Å²) in [4.78, 5) is 4.81. The number of aromatic nitrogens is 3. The fourth-order valence-electron chi connectivity index (χ4n) is 11.1. The Labute approximate surface area is 415 Å². The van der Waals surface area contributed by atoms with Crippen LogP contribution >= 0.6 is 34.4 Å². The summed E-state index contributed by atoms with van der Waals surface area (Å²) in [6.07, 6.45) is 22.2. The van der Waals surface area contributed by atoms with E-state index in [1.165, 1.54) is 177 Å². The van der Waals surface area contributed by atoms with Crippen LogP contribution in [0.4, 0.5) is 0 Å². The molecule has 0 N–H and O–H groups in total. The minimum absolute atomic E-state index is 0.637. The van der Waals surface area contributed by atoms with E-state index in [2.05, 4.69) is 112 Å². The van der Waals surface area contributed by atoms with E-state index in [1.807, 2.05) is 11.3 Å². The molecule has 0 spiro atoms. The summed E-state index contributed by atoms with van der Waals surface area (Å²) in [5, 5.41) is 11.1. The van der Waals surface area contributed by atoms with Crippen LogP contribution in [0.1, 0.15) is 147 Å². The van der Waals surface area contributed by atoms with E-state index < -0.39 is 0 Å². The van der Waals surface area contributed by atoms with E-state index in [0.29, 0.717) is 13.2 Å². The van der Waals surface area contributed by atoms with E-state index in [0.717, 1.165) is 75.6 Å². The number of nitrogens with zero attached hydrogens (tertiary/aromatic N) is 3. The van der Waals surface area contributed by atoms with Crippen LogP contribution in [-0.2, 0) is 6.54 Å². The lowest BCUT2D eigenvalue weighted by Crippen LogP contribution is -2.06. The van der Waals surface area contributed by atoms with Gasteiger partial charge >= 0.3 is 0 Å². The molecule has 0 aliphatic carbocycles. The molecule has 0 saturated carbocycles.